The van der Waals surface area contributed by atoms with Crippen LogP contribution in [0.25, 0.3) is 0 Å². The minimum absolute atomic E-state index is 0.108. The third-order valence-corrected chi connectivity index (χ3v) is 3.54. The van der Waals surface area contributed by atoms with E-state index in [2.05, 4.69) is 5.32 Å². The fraction of sp³-hybridized carbons (Fsp3) is 0.176. The SMILES string of the molecule is CN(C)C(=O)COc1ccc(NC(=O)c2cc(F)c(F)cc2Cl)cc1. The van der Waals surface area contributed by atoms with E-state index >= 15 is 0 Å². The van der Waals surface area contributed by atoms with Crippen molar-refractivity contribution in [2.24, 2.45) is 0 Å². The van der Waals surface area contributed by atoms with Gasteiger partial charge in [0.05, 0.1) is 10.6 Å². The predicted octanol–water partition coefficient (Wildman–Crippen LogP) is 3.34. The second kappa shape index (κ2) is 7.94. The maximum Gasteiger partial charge on any atom is 0.259 e. The van der Waals surface area contributed by atoms with Crippen molar-refractivity contribution in [2.75, 3.05) is 26.0 Å². The number of anilines is 1. The van der Waals surface area contributed by atoms with Crippen molar-refractivity contribution in [3.8, 4) is 5.75 Å². The van der Waals surface area contributed by atoms with Crippen LogP contribution in [-0.4, -0.2) is 37.4 Å². The summed E-state index contributed by atoms with van der Waals surface area (Å²) < 4.78 is 31.6. The first-order chi connectivity index (χ1) is 11.8. The lowest BCUT2D eigenvalue weighted by Gasteiger charge is -2.12. The molecule has 0 aromatic heterocycles. The molecule has 0 unspecified atom stereocenters. The van der Waals surface area contributed by atoms with Gasteiger partial charge in [-0.3, -0.25) is 9.59 Å². The van der Waals surface area contributed by atoms with Crippen LogP contribution >= 0.6 is 11.6 Å². The summed E-state index contributed by atoms with van der Waals surface area (Å²) in [5.41, 5.74) is 0.217. The van der Waals surface area contributed by atoms with Crippen molar-refractivity contribution in [1.29, 1.82) is 0 Å². The second-order valence-corrected chi connectivity index (χ2v) is 5.71. The molecule has 5 nitrogen and oxygen atoms in total. The van der Waals surface area contributed by atoms with Gasteiger partial charge in [0, 0.05) is 19.8 Å². The molecule has 2 aromatic carbocycles. The van der Waals surface area contributed by atoms with E-state index < -0.39 is 17.5 Å². The monoisotopic (exact) mass is 368 g/mol. The summed E-state index contributed by atoms with van der Waals surface area (Å²) in [6.45, 7) is -0.108. The Balaban J connectivity index is 2.02. The Morgan fingerprint density at radius 1 is 1.12 bits per heavy atom. The zero-order valence-corrected chi connectivity index (χ0v) is 14.2. The first-order valence-electron chi connectivity index (χ1n) is 7.17. The molecule has 0 saturated heterocycles. The van der Waals surface area contributed by atoms with E-state index in [1.165, 1.54) is 4.90 Å². The van der Waals surface area contributed by atoms with Gasteiger partial charge < -0.3 is 15.0 Å². The highest BCUT2D eigenvalue weighted by Gasteiger charge is 2.15. The molecule has 2 amide bonds. The molecule has 1 N–H and O–H groups in total. The van der Waals surface area contributed by atoms with Crippen molar-refractivity contribution in [3.63, 3.8) is 0 Å². The first kappa shape index (κ1) is 18.7. The van der Waals surface area contributed by atoms with Crippen molar-refractivity contribution >= 4 is 29.1 Å². The van der Waals surface area contributed by atoms with Gasteiger partial charge in [0.15, 0.2) is 18.2 Å². The van der Waals surface area contributed by atoms with E-state index in [-0.39, 0.29) is 23.1 Å². The summed E-state index contributed by atoms with van der Waals surface area (Å²) in [6.07, 6.45) is 0. The molecule has 0 fully saturated rings. The van der Waals surface area contributed by atoms with E-state index in [1.54, 1.807) is 38.4 Å². The van der Waals surface area contributed by atoms with Crippen LogP contribution in [0.5, 0.6) is 5.75 Å². The van der Waals surface area contributed by atoms with Crippen LogP contribution in [-0.2, 0) is 4.79 Å². The zero-order valence-electron chi connectivity index (χ0n) is 13.5. The van der Waals surface area contributed by atoms with Gasteiger partial charge in [-0.1, -0.05) is 11.6 Å². The Kier molecular flexibility index (Phi) is 5.93. The molecule has 0 radical (unpaired) electrons. The molecule has 2 rings (SSSR count). The Morgan fingerprint density at radius 3 is 2.32 bits per heavy atom. The van der Waals surface area contributed by atoms with Crippen molar-refractivity contribution < 1.29 is 23.1 Å². The van der Waals surface area contributed by atoms with Crippen LogP contribution in [0.3, 0.4) is 0 Å². The van der Waals surface area contributed by atoms with E-state index in [9.17, 15) is 18.4 Å². The van der Waals surface area contributed by atoms with Crippen LogP contribution in [0, 0.1) is 11.6 Å². The van der Waals surface area contributed by atoms with Gasteiger partial charge >= 0.3 is 0 Å². The van der Waals surface area contributed by atoms with Gasteiger partial charge in [0.25, 0.3) is 11.8 Å². The highest BCUT2D eigenvalue weighted by molar-refractivity contribution is 6.34. The summed E-state index contributed by atoms with van der Waals surface area (Å²) in [6, 6.07) is 7.68. The Hall–Kier alpha value is -2.67. The lowest BCUT2D eigenvalue weighted by Crippen LogP contribution is -2.27. The quantitative estimate of drug-likeness (QED) is 0.823. The number of carbonyl (C=O) groups excluding carboxylic acids is 2. The predicted molar refractivity (Wildman–Crippen MR) is 90.0 cm³/mol. The number of benzene rings is 2. The number of halogens is 3. The molecule has 0 aliphatic rings. The third-order valence-electron chi connectivity index (χ3n) is 3.23. The van der Waals surface area contributed by atoms with E-state index in [0.717, 1.165) is 12.1 Å². The smallest absolute Gasteiger partial charge is 0.259 e. The largest absolute Gasteiger partial charge is 0.484 e. The number of nitrogens with zero attached hydrogens (tertiary/aromatic N) is 1. The number of carbonyl (C=O) groups is 2. The molecule has 0 saturated carbocycles. The van der Waals surface area contributed by atoms with Crippen molar-refractivity contribution in [3.05, 3.63) is 58.6 Å². The normalized spacial score (nSPS) is 10.3. The van der Waals surface area contributed by atoms with Crippen LogP contribution in [0.4, 0.5) is 14.5 Å². The zero-order chi connectivity index (χ0) is 18.6. The van der Waals surface area contributed by atoms with Crippen LogP contribution in [0.1, 0.15) is 10.4 Å². The number of amides is 2. The summed E-state index contributed by atoms with van der Waals surface area (Å²) in [4.78, 5) is 25.0. The second-order valence-electron chi connectivity index (χ2n) is 5.30. The molecule has 0 atom stereocenters. The molecule has 8 heteroatoms. The Labute approximate surface area is 148 Å². The first-order valence-corrected chi connectivity index (χ1v) is 7.54. The van der Waals surface area contributed by atoms with Gasteiger partial charge in [-0.25, -0.2) is 8.78 Å². The summed E-state index contributed by atoms with van der Waals surface area (Å²) >= 11 is 5.76. The average Bonchev–Trinajstić information content (AvgIpc) is 2.57. The van der Waals surface area contributed by atoms with Crippen LogP contribution < -0.4 is 10.1 Å². The van der Waals surface area contributed by atoms with Gasteiger partial charge in [-0.2, -0.15) is 0 Å². The van der Waals surface area contributed by atoms with Gasteiger partial charge in [-0.05, 0) is 36.4 Å². The minimum atomic E-state index is -1.16. The Bertz CT molecular complexity index is 795. The fourth-order valence-corrected chi connectivity index (χ4v) is 2.04. The molecule has 0 aliphatic carbocycles. The minimum Gasteiger partial charge on any atom is -0.484 e. The average molecular weight is 369 g/mol. The molecule has 2 aromatic rings. The van der Waals surface area contributed by atoms with Crippen molar-refractivity contribution in [2.45, 2.75) is 0 Å². The summed E-state index contributed by atoms with van der Waals surface area (Å²) in [7, 11) is 3.24. The maximum absolute atomic E-state index is 13.3. The van der Waals surface area contributed by atoms with Crippen LogP contribution in [0.15, 0.2) is 36.4 Å². The molecular weight excluding hydrogens is 354 g/mol. The van der Waals surface area contributed by atoms with Gasteiger partial charge in [0.1, 0.15) is 5.75 Å². The lowest BCUT2D eigenvalue weighted by molar-refractivity contribution is -0.130. The van der Waals surface area contributed by atoms with E-state index in [0.29, 0.717) is 11.4 Å². The van der Waals surface area contributed by atoms with E-state index in [4.69, 9.17) is 16.3 Å². The molecule has 25 heavy (non-hydrogen) atoms. The number of hydrogen-bond acceptors (Lipinski definition) is 3. The summed E-state index contributed by atoms with van der Waals surface area (Å²) in [5, 5.41) is 2.32. The standard InChI is InChI=1S/C17H15ClF2N2O3/c1-22(2)16(23)9-25-11-5-3-10(4-6-11)21-17(24)12-7-14(19)15(20)8-13(12)18/h3-8H,9H2,1-2H3,(H,21,24). The number of hydrogen-bond donors (Lipinski definition) is 1. The number of ether oxygens (including phenoxy) is 1. The molecular formula is C17H15ClF2N2O3. The highest BCUT2D eigenvalue weighted by atomic mass is 35.5. The molecule has 0 heterocycles. The third kappa shape index (κ3) is 4.90. The maximum atomic E-state index is 13.3. The number of nitrogens with one attached hydrogen (secondary N) is 1. The fourth-order valence-electron chi connectivity index (χ4n) is 1.80. The van der Waals surface area contributed by atoms with E-state index in [1.807, 2.05) is 0 Å². The molecule has 0 bridgehead atoms. The molecule has 0 spiro atoms. The van der Waals surface area contributed by atoms with Gasteiger partial charge in [-0.15, -0.1) is 0 Å². The topological polar surface area (TPSA) is 58.6 Å². The molecule has 132 valence electrons. The van der Waals surface area contributed by atoms with Gasteiger partial charge in [0.2, 0.25) is 0 Å². The molecule has 0 aliphatic heterocycles. The summed E-state index contributed by atoms with van der Waals surface area (Å²) in [5.74, 6) is -2.72. The lowest BCUT2D eigenvalue weighted by atomic mass is 10.2. The van der Waals surface area contributed by atoms with Crippen LogP contribution in [0.2, 0.25) is 5.02 Å². The number of rotatable bonds is 5. The van der Waals surface area contributed by atoms with Crippen molar-refractivity contribution in [1.82, 2.24) is 4.90 Å². The highest BCUT2D eigenvalue weighted by Crippen LogP contribution is 2.22. The Morgan fingerprint density at radius 2 is 1.72 bits per heavy atom. The number of likely N-dealkylation sites (N-methyl/N-ethyl adjacent to an activating group) is 1.